The van der Waals surface area contributed by atoms with E-state index in [0.29, 0.717) is 11.6 Å². The minimum absolute atomic E-state index is 0.0583. The van der Waals surface area contributed by atoms with Crippen LogP contribution in [-0.2, 0) is 9.53 Å². The number of nitrogens with two attached hydrogens (primary N) is 1. The molecule has 1 rings (SSSR count). The van der Waals surface area contributed by atoms with Gasteiger partial charge in [-0.05, 0) is 39.3 Å². The first-order valence-electron chi connectivity index (χ1n) is 7.15. The van der Waals surface area contributed by atoms with Crippen molar-refractivity contribution in [3.63, 3.8) is 0 Å². The molecule has 0 aliphatic carbocycles. The van der Waals surface area contributed by atoms with E-state index in [2.05, 4.69) is 18.7 Å². The van der Waals surface area contributed by atoms with E-state index in [4.69, 9.17) is 22.7 Å². The lowest BCUT2D eigenvalue weighted by Gasteiger charge is -2.41. The Morgan fingerprint density at radius 3 is 2.42 bits per heavy atom. The topological polar surface area (TPSA) is 55.6 Å². The number of carbonyl (C=O) groups is 1. The van der Waals surface area contributed by atoms with Gasteiger partial charge in [-0.15, -0.1) is 0 Å². The van der Waals surface area contributed by atoms with Gasteiger partial charge in [0.15, 0.2) is 0 Å². The Labute approximate surface area is 121 Å². The van der Waals surface area contributed by atoms with Crippen LogP contribution < -0.4 is 5.73 Å². The van der Waals surface area contributed by atoms with E-state index in [0.717, 1.165) is 38.8 Å². The van der Waals surface area contributed by atoms with Crippen LogP contribution in [0.5, 0.6) is 0 Å². The lowest BCUT2D eigenvalue weighted by molar-refractivity contribution is -0.150. The quantitative estimate of drug-likeness (QED) is 0.598. The van der Waals surface area contributed by atoms with Crippen LogP contribution in [0.3, 0.4) is 0 Å². The third kappa shape index (κ3) is 4.14. The molecule has 2 N–H and O–H groups in total. The number of carbonyl (C=O) groups excluding carboxylic acids is 1. The van der Waals surface area contributed by atoms with Crippen molar-refractivity contribution in [2.45, 2.75) is 52.5 Å². The van der Waals surface area contributed by atoms with Gasteiger partial charge in [-0.2, -0.15) is 0 Å². The third-order valence-corrected chi connectivity index (χ3v) is 4.55. The van der Waals surface area contributed by atoms with Gasteiger partial charge < -0.3 is 10.5 Å². The van der Waals surface area contributed by atoms with Crippen LogP contribution in [0.15, 0.2) is 0 Å². The molecule has 5 heteroatoms. The molecule has 0 amide bonds. The minimum atomic E-state index is -0.110. The lowest BCUT2D eigenvalue weighted by Crippen LogP contribution is -2.50. The molecule has 0 bridgehead atoms. The van der Waals surface area contributed by atoms with Crippen molar-refractivity contribution in [3.8, 4) is 0 Å². The number of likely N-dealkylation sites (tertiary alicyclic amines) is 1. The second-order valence-electron chi connectivity index (χ2n) is 5.52. The highest BCUT2D eigenvalue weighted by Crippen LogP contribution is 2.32. The normalized spacial score (nSPS) is 20.8. The fraction of sp³-hybridized carbons (Fsp3) is 0.857. The highest BCUT2D eigenvalue weighted by atomic mass is 32.1. The van der Waals surface area contributed by atoms with Gasteiger partial charge in [-0.3, -0.25) is 9.69 Å². The van der Waals surface area contributed by atoms with Crippen LogP contribution in [0.1, 0.15) is 46.5 Å². The number of piperidine rings is 1. The standard InChI is InChI=1S/C14H26N2O2S/c1-4-6-11(12(17)18-5-2)16-9-7-14(3,8-10-16)13(15)19/h11H,4-10H2,1-3H3,(H2,15,19). The van der Waals surface area contributed by atoms with Gasteiger partial charge in [0.1, 0.15) is 6.04 Å². The summed E-state index contributed by atoms with van der Waals surface area (Å²) in [6, 6.07) is -0.110. The van der Waals surface area contributed by atoms with Crippen LogP contribution in [0.4, 0.5) is 0 Å². The lowest BCUT2D eigenvalue weighted by atomic mass is 9.80. The average molecular weight is 286 g/mol. The highest BCUT2D eigenvalue weighted by molar-refractivity contribution is 7.80. The van der Waals surface area contributed by atoms with Crippen LogP contribution in [0.2, 0.25) is 0 Å². The summed E-state index contributed by atoms with van der Waals surface area (Å²) in [6.07, 6.45) is 3.67. The predicted octanol–water partition coefficient (Wildman–Crippen LogP) is 2.11. The Morgan fingerprint density at radius 1 is 1.42 bits per heavy atom. The van der Waals surface area contributed by atoms with Crippen molar-refractivity contribution < 1.29 is 9.53 Å². The molecule has 0 radical (unpaired) electrons. The fourth-order valence-electron chi connectivity index (χ4n) is 2.54. The molecule has 0 aromatic carbocycles. The highest BCUT2D eigenvalue weighted by Gasteiger charge is 2.36. The first-order chi connectivity index (χ1) is 8.94. The molecule has 1 fully saturated rings. The number of thiocarbonyl (C=S) groups is 1. The number of esters is 1. The van der Waals surface area contributed by atoms with Crippen molar-refractivity contribution in [1.82, 2.24) is 4.90 Å². The molecular formula is C14H26N2O2S. The molecule has 110 valence electrons. The molecule has 19 heavy (non-hydrogen) atoms. The molecule has 0 aromatic heterocycles. The van der Waals surface area contributed by atoms with E-state index in [-0.39, 0.29) is 17.4 Å². The number of ether oxygens (including phenoxy) is 1. The fourth-order valence-corrected chi connectivity index (χ4v) is 2.74. The number of hydrogen-bond acceptors (Lipinski definition) is 4. The third-order valence-electron chi connectivity index (χ3n) is 4.06. The molecule has 1 heterocycles. The summed E-state index contributed by atoms with van der Waals surface area (Å²) in [5.41, 5.74) is 5.75. The molecule has 0 spiro atoms. The van der Waals surface area contributed by atoms with E-state index in [1.807, 2.05) is 6.92 Å². The summed E-state index contributed by atoms with van der Waals surface area (Å²) < 4.78 is 5.18. The van der Waals surface area contributed by atoms with Gasteiger partial charge in [-0.25, -0.2) is 0 Å². The van der Waals surface area contributed by atoms with Crippen LogP contribution in [0.25, 0.3) is 0 Å². The monoisotopic (exact) mass is 286 g/mol. The van der Waals surface area contributed by atoms with Gasteiger partial charge >= 0.3 is 5.97 Å². The molecular weight excluding hydrogens is 260 g/mol. The van der Waals surface area contributed by atoms with Crippen molar-refractivity contribution in [2.75, 3.05) is 19.7 Å². The first-order valence-corrected chi connectivity index (χ1v) is 7.56. The van der Waals surface area contributed by atoms with Crippen molar-refractivity contribution in [1.29, 1.82) is 0 Å². The van der Waals surface area contributed by atoms with Crippen molar-refractivity contribution >= 4 is 23.2 Å². The van der Waals surface area contributed by atoms with Crippen molar-refractivity contribution in [3.05, 3.63) is 0 Å². The van der Waals surface area contributed by atoms with E-state index in [9.17, 15) is 4.79 Å². The summed E-state index contributed by atoms with van der Waals surface area (Å²) in [6.45, 7) is 8.22. The maximum absolute atomic E-state index is 12.0. The zero-order chi connectivity index (χ0) is 14.5. The largest absolute Gasteiger partial charge is 0.465 e. The summed E-state index contributed by atoms with van der Waals surface area (Å²) >= 11 is 5.15. The van der Waals surface area contributed by atoms with E-state index < -0.39 is 0 Å². The molecule has 1 aliphatic heterocycles. The Morgan fingerprint density at radius 2 is 2.00 bits per heavy atom. The molecule has 0 aromatic rings. The maximum Gasteiger partial charge on any atom is 0.323 e. The van der Waals surface area contributed by atoms with Gasteiger partial charge in [0.2, 0.25) is 0 Å². The molecule has 4 nitrogen and oxygen atoms in total. The van der Waals surface area contributed by atoms with Crippen LogP contribution in [-0.4, -0.2) is 41.6 Å². The molecule has 1 saturated heterocycles. The van der Waals surface area contributed by atoms with Gasteiger partial charge in [0, 0.05) is 5.41 Å². The van der Waals surface area contributed by atoms with Crippen LogP contribution in [0, 0.1) is 5.41 Å². The second kappa shape index (κ2) is 7.20. The zero-order valence-electron chi connectivity index (χ0n) is 12.3. The molecule has 1 atom stereocenters. The summed E-state index contributed by atoms with van der Waals surface area (Å²) in [5, 5.41) is 0. The zero-order valence-corrected chi connectivity index (χ0v) is 13.1. The Kier molecular flexibility index (Phi) is 6.20. The minimum Gasteiger partial charge on any atom is -0.465 e. The Bertz CT molecular complexity index is 325. The predicted molar refractivity (Wildman–Crippen MR) is 81.0 cm³/mol. The van der Waals surface area contributed by atoms with Crippen LogP contribution >= 0.6 is 12.2 Å². The van der Waals surface area contributed by atoms with Gasteiger partial charge in [0.05, 0.1) is 11.6 Å². The molecule has 1 aliphatic rings. The van der Waals surface area contributed by atoms with Crippen molar-refractivity contribution in [2.24, 2.45) is 11.1 Å². The van der Waals surface area contributed by atoms with E-state index in [1.54, 1.807) is 0 Å². The molecule has 1 unspecified atom stereocenters. The molecule has 0 saturated carbocycles. The van der Waals surface area contributed by atoms with E-state index in [1.165, 1.54) is 0 Å². The number of hydrogen-bond donors (Lipinski definition) is 1. The summed E-state index contributed by atoms with van der Waals surface area (Å²) in [5.74, 6) is -0.0942. The Balaban J connectivity index is 2.64. The maximum atomic E-state index is 12.0. The van der Waals surface area contributed by atoms with Gasteiger partial charge in [-0.1, -0.05) is 32.5 Å². The Hall–Kier alpha value is -0.680. The van der Waals surface area contributed by atoms with Gasteiger partial charge in [0.25, 0.3) is 0 Å². The average Bonchev–Trinajstić information content (AvgIpc) is 2.37. The number of nitrogens with zero attached hydrogens (tertiary/aromatic N) is 1. The smallest absolute Gasteiger partial charge is 0.323 e. The first kappa shape index (κ1) is 16.4. The second-order valence-corrected chi connectivity index (χ2v) is 5.96. The summed E-state index contributed by atoms with van der Waals surface area (Å²) in [7, 11) is 0. The number of rotatable bonds is 6. The SMILES string of the molecule is CCCC(C(=O)OCC)N1CCC(C)(C(N)=S)CC1. The van der Waals surface area contributed by atoms with E-state index >= 15 is 0 Å². The summed E-state index contributed by atoms with van der Waals surface area (Å²) in [4.78, 5) is 14.8.